The minimum atomic E-state index is -0.0820. The predicted octanol–water partition coefficient (Wildman–Crippen LogP) is 2.39. The molecule has 0 unspecified atom stereocenters. The van der Waals surface area contributed by atoms with Crippen molar-refractivity contribution in [2.24, 2.45) is 0 Å². The molecule has 27 heavy (non-hydrogen) atoms. The molecule has 1 aliphatic heterocycles. The molecule has 3 rings (SSSR count). The molecule has 10 heteroatoms. The van der Waals surface area contributed by atoms with E-state index in [2.05, 4.69) is 27.2 Å². The van der Waals surface area contributed by atoms with Crippen LogP contribution in [0, 0.1) is 0 Å². The number of nitrogens with zero attached hydrogens (tertiary/aromatic N) is 5. The molecule has 2 aromatic rings. The van der Waals surface area contributed by atoms with E-state index in [9.17, 15) is 4.79 Å². The Labute approximate surface area is 167 Å². The third-order valence-corrected chi connectivity index (χ3v) is 5.40. The van der Waals surface area contributed by atoms with Gasteiger partial charge in [0, 0.05) is 25.9 Å². The van der Waals surface area contributed by atoms with Crippen LogP contribution in [0.1, 0.15) is 19.8 Å². The smallest absolute Gasteiger partial charge is 0.230 e. The zero-order chi connectivity index (χ0) is 19.2. The van der Waals surface area contributed by atoms with Crippen LogP contribution < -0.4 is 5.32 Å². The first-order valence-electron chi connectivity index (χ1n) is 8.90. The Bertz CT molecular complexity index is 799. The van der Waals surface area contributed by atoms with Crippen molar-refractivity contribution in [1.82, 2.24) is 29.9 Å². The maximum absolute atomic E-state index is 11.9. The summed E-state index contributed by atoms with van der Waals surface area (Å²) in [5, 5.41) is 17.0. The van der Waals surface area contributed by atoms with Crippen LogP contribution in [0.3, 0.4) is 0 Å². The molecule has 8 nitrogen and oxygen atoms in total. The first-order chi connectivity index (χ1) is 13.1. The van der Waals surface area contributed by atoms with Gasteiger partial charge in [0.15, 0.2) is 11.0 Å². The number of hydrogen-bond acceptors (Lipinski definition) is 6. The summed E-state index contributed by atoms with van der Waals surface area (Å²) < 4.78 is 9.49. The fourth-order valence-electron chi connectivity index (χ4n) is 2.80. The molecule has 1 saturated heterocycles. The lowest BCUT2D eigenvalue weighted by Crippen LogP contribution is -2.25. The Hall–Kier alpha value is -1.84. The summed E-state index contributed by atoms with van der Waals surface area (Å²) in [7, 11) is 0. The lowest BCUT2D eigenvalue weighted by molar-refractivity contribution is -0.118. The highest BCUT2D eigenvalue weighted by Crippen LogP contribution is 2.29. The molecule has 1 atom stereocenters. The van der Waals surface area contributed by atoms with E-state index in [0.29, 0.717) is 41.3 Å². The summed E-state index contributed by atoms with van der Waals surface area (Å²) in [5.41, 5.74) is 0.590. The van der Waals surface area contributed by atoms with Crippen LogP contribution in [0.4, 0.5) is 0 Å². The van der Waals surface area contributed by atoms with Crippen molar-refractivity contribution in [3.05, 3.63) is 23.9 Å². The van der Waals surface area contributed by atoms with Crippen LogP contribution in [0.5, 0.6) is 0 Å². The van der Waals surface area contributed by atoms with Crippen molar-refractivity contribution >= 4 is 29.3 Å². The maximum atomic E-state index is 11.9. The number of aromatic nitrogens is 5. The molecule has 0 aromatic carbocycles. The van der Waals surface area contributed by atoms with E-state index in [1.165, 1.54) is 11.8 Å². The second-order valence-corrected chi connectivity index (χ2v) is 7.46. The van der Waals surface area contributed by atoms with Crippen LogP contribution >= 0.6 is 23.4 Å². The summed E-state index contributed by atoms with van der Waals surface area (Å²) in [6.07, 6.45) is 5.54. The van der Waals surface area contributed by atoms with E-state index in [4.69, 9.17) is 16.3 Å². The van der Waals surface area contributed by atoms with Crippen molar-refractivity contribution in [1.29, 1.82) is 0 Å². The molecule has 146 valence electrons. The van der Waals surface area contributed by atoms with Gasteiger partial charge in [0.25, 0.3) is 0 Å². The molecule has 1 N–H and O–H groups in total. The number of amides is 1. The fourth-order valence-corrected chi connectivity index (χ4v) is 3.82. The van der Waals surface area contributed by atoms with E-state index in [-0.39, 0.29) is 17.8 Å². The van der Waals surface area contributed by atoms with Crippen LogP contribution in [0.15, 0.2) is 24.0 Å². The molecule has 1 aliphatic rings. The molecule has 0 radical (unpaired) electrons. The van der Waals surface area contributed by atoms with Gasteiger partial charge < -0.3 is 10.1 Å². The van der Waals surface area contributed by atoms with Crippen LogP contribution in [0.2, 0.25) is 5.02 Å². The van der Waals surface area contributed by atoms with Gasteiger partial charge in [-0.05, 0) is 19.8 Å². The number of halogens is 1. The highest BCUT2D eigenvalue weighted by molar-refractivity contribution is 7.99. The number of hydrogen-bond donors (Lipinski definition) is 1. The van der Waals surface area contributed by atoms with Crippen LogP contribution in [-0.2, 0) is 22.6 Å². The lowest BCUT2D eigenvalue weighted by atomic mass is 10.2. The molecule has 3 heterocycles. The van der Waals surface area contributed by atoms with Gasteiger partial charge in [0.1, 0.15) is 5.69 Å². The largest absolute Gasteiger partial charge is 0.376 e. The summed E-state index contributed by atoms with van der Waals surface area (Å²) in [5.74, 6) is 0.757. The van der Waals surface area contributed by atoms with Gasteiger partial charge in [-0.1, -0.05) is 29.4 Å². The third-order valence-electron chi connectivity index (χ3n) is 4.16. The highest BCUT2D eigenvalue weighted by Gasteiger charge is 2.24. The second kappa shape index (κ2) is 9.38. The first-order valence-corrected chi connectivity index (χ1v) is 10.3. The topological polar surface area (TPSA) is 86.9 Å². The Morgan fingerprint density at radius 1 is 1.56 bits per heavy atom. The second-order valence-electron chi connectivity index (χ2n) is 6.11. The fraction of sp³-hybridized carbons (Fsp3) is 0.529. The van der Waals surface area contributed by atoms with Gasteiger partial charge in [-0.3, -0.25) is 14.0 Å². The van der Waals surface area contributed by atoms with E-state index in [1.807, 2.05) is 11.5 Å². The van der Waals surface area contributed by atoms with E-state index >= 15 is 0 Å². The Morgan fingerprint density at radius 2 is 2.41 bits per heavy atom. The van der Waals surface area contributed by atoms with Crippen LogP contribution in [-0.4, -0.2) is 55.5 Å². The minimum Gasteiger partial charge on any atom is -0.376 e. The monoisotopic (exact) mass is 410 g/mol. The quantitative estimate of drug-likeness (QED) is 0.504. The van der Waals surface area contributed by atoms with E-state index in [1.54, 1.807) is 17.0 Å². The molecule has 0 saturated carbocycles. The van der Waals surface area contributed by atoms with Gasteiger partial charge >= 0.3 is 0 Å². The normalized spacial score (nSPS) is 16.6. The zero-order valence-electron chi connectivity index (χ0n) is 15.2. The lowest BCUT2D eigenvalue weighted by Gasteiger charge is -2.14. The predicted molar refractivity (Wildman–Crippen MR) is 105 cm³/mol. The summed E-state index contributed by atoms with van der Waals surface area (Å²) in [6, 6.07) is 0. The van der Waals surface area contributed by atoms with Crippen molar-refractivity contribution in [2.75, 3.05) is 18.9 Å². The summed E-state index contributed by atoms with van der Waals surface area (Å²) >= 11 is 7.70. The van der Waals surface area contributed by atoms with Crippen molar-refractivity contribution in [3.8, 4) is 11.5 Å². The number of carbonyl (C=O) groups is 1. The maximum Gasteiger partial charge on any atom is 0.230 e. The Kier molecular flexibility index (Phi) is 6.92. The number of rotatable bonds is 9. The molecule has 0 aliphatic carbocycles. The average Bonchev–Trinajstić information content (AvgIpc) is 3.39. The first kappa shape index (κ1) is 19.9. The van der Waals surface area contributed by atoms with Crippen LogP contribution in [0.25, 0.3) is 11.5 Å². The average molecular weight is 411 g/mol. The van der Waals surface area contributed by atoms with Gasteiger partial charge in [0.2, 0.25) is 5.91 Å². The third kappa shape index (κ3) is 4.91. The highest BCUT2D eigenvalue weighted by atomic mass is 35.5. The molecule has 0 spiro atoms. The van der Waals surface area contributed by atoms with Crippen molar-refractivity contribution < 1.29 is 9.53 Å². The molecule has 1 amide bonds. The minimum absolute atomic E-state index is 0.0820. The molecule has 2 aromatic heterocycles. The molecule has 0 bridgehead atoms. The number of aryl methyl sites for hydroxylation is 1. The summed E-state index contributed by atoms with van der Waals surface area (Å²) in [4.78, 5) is 11.9. The Balaban J connectivity index is 1.84. The number of ether oxygens (including phenoxy) is 1. The number of carbonyl (C=O) groups excluding carboxylic acids is 1. The SMILES string of the molecule is C=CCNC(=O)CSc1nnc(-c2nn(CC)cc2Cl)n1C[C@@H]1CCCO1. The van der Waals surface area contributed by atoms with Gasteiger partial charge in [-0.25, -0.2) is 0 Å². The summed E-state index contributed by atoms with van der Waals surface area (Å²) in [6.45, 7) is 8.11. The zero-order valence-corrected chi connectivity index (χ0v) is 16.8. The van der Waals surface area contributed by atoms with Gasteiger partial charge in [-0.15, -0.1) is 16.8 Å². The van der Waals surface area contributed by atoms with E-state index in [0.717, 1.165) is 19.4 Å². The van der Waals surface area contributed by atoms with E-state index < -0.39 is 0 Å². The molecular formula is C17H23ClN6O2S. The molecular weight excluding hydrogens is 388 g/mol. The Morgan fingerprint density at radius 3 is 3.07 bits per heavy atom. The standard InChI is InChI=1S/C17H23ClN6O2S/c1-3-7-19-14(25)11-27-17-21-20-16(15-13(18)10-23(4-2)22-15)24(17)9-12-6-5-8-26-12/h3,10,12H,1,4-9,11H2,2H3,(H,19,25)/t12-/m0/s1. The van der Waals surface area contributed by atoms with Gasteiger partial charge in [0.05, 0.1) is 23.4 Å². The molecule has 1 fully saturated rings. The van der Waals surface area contributed by atoms with Crippen molar-refractivity contribution in [3.63, 3.8) is 0 Å². The van der Waals surface area contributed by atoms with Crippen molar-refractivity contribution in [2.45, 2.75) is 44.1 Å². The van der Waals surface area contributed by atoms with Gasteiger partial charge in [-0.2, -0.15) is 5.10 Å². The number of thioether (sulfide) groups is 1. The number of nitrogens with one attached hydrogen (secondary N) is 1.